The molecule has 84 heavy (non-hydrogen) atoms. The lowest BCUT2D eigenvalue weighted by Crippen LogP contribution is -2.61. The van der Waals surface area contributed by atoms with E-state index >= 15 is 0 Å². The van der Waals surface area contributed by atoms with E-state index < -0.39 is 67.4 Å². The van der Waals surface area contributed by atoms with Crippen LogP contribution in [0.1, 0.15) is 367 Å². The summed E-state index contributed by atoms with van der Waals surface area (Å²) < 4.78 is 17.7. The summed E-state index contributed by atoms with van der Waals surface area (Å²) >= 11 is 0. The Morgan fingerprint density at radius 1 is 0.452 bits per heavy atom. The predicted molar refractivity (Wildman–Crippen MR) is 352 cm³/mol. The van der Waals surface area contributed by atoms with E-state index in [-0.39, 0.29) is 13.0 Å². The van der Waals surface area contributed by atoms with E-state index in [0.717, 1.165) is 57.8 Å². The lowest BCUT2D eigenvalue weighted by Gasteiger charge is -2.41. The van der Waals surface area contributed by atoms with Crippen LogP contribution in [0.5, 0.6) is 0 Å². The van der Waals surface area contributed by atoms with Gasteiger partial charge in [-0.2, -0.15) is 0 Å². The number of ether oxygens (including phenoxy) is 3. The lowest BCUT2D eigenvalue weighted by molar-refractivity contribution is -0.305. The first-order chi connectivity index (χ1) is 41.2. The molecule has 11 heteroatoms. The molecular weight excluding hydrogens is 1050 g/mol. The highest BCUT2D eigenvalue weighted by molar-refractivity contribution is 5.80. The van der Waals surface area contributed by atoms with Crippen molar-refractivity contribution in [3.05, 3.63) is 24.3 Å². The quantitative estimate of drug-likeness (QED) is 0.0195. The van der Waals surface area contributed by atoms with Crippen LogP contribution in [0.15, 0.2) is 24.3 Å². The van der Waals surface area contributed by atoms with Gasteiger partial charge in [-0.3, -0.25) is 9.59 Å². The van der Waals surface area contributed by atoms with Crippen molar-refractivity contribution in [1.29, 1.82) is 0 Å². The molecule has 496 valence electrons. The van der Waals surface area contributed by atoms with Gasteiger partial charge >= 0.3 is 5.97 Å². The highest BCUT2D eigenvalue weighted by Gasteiger charge is 2.47. The van der Waals surface area contributed by atoms with Gasteiger partial charge in [0.15, 0.2) is 12.4 Å². The number of esters is 1. The van der Waals surface area contributed by atoms with Crippen molar-refractivity contribution in [2.75, 3.05) is 13.2 Å². The normalized spacial score (nSPS) is 18.5. The zero-order valence-electron chi connectivity index (χ0n) is 55.3. The lowest BCUT2D eigenvalue weighted by atomic mass is 9.99. The van der Waals surface area contributed by atoms with Crippen LogP contribution >= 0.6 is 0 Å². The number of carbonyl (C=O) groups is 2. The van der Waals surface area contributed by atoms with E-state index in [1.54, 1.807) is 6.08 Å². The van der Waals surface area contributed by atoms with Crippen molar-refractivity contribution in [2.24, 2.45) is 0 Å². The Morgan fingerprint density at radius 2 is 0.786 bits per heavy atom. The highest BCUT2D eigenvalue weighted by Crippen LogP contribution is 2.27. The maximum Gasteiger partial charge on any atom is 0.306 e. The van der Waals surface area contributed by atoms with Crippen molar-refractivity contribution in [2.45, 2.75) is 416 Å². The minimum absolute atomic E-state index is 0.131. The average Bonchev–Trinajstić information content (AvgIpc) is 3.55. The van der Waals surface area contributed by atoms with E-state index in [9.17, 15) is 35.1 Å². The van der Waals surface area contributed by atoms with E-state index in [1.807, 2.05) is 6.08 Å². The molecule has 0 aromatic carbocycles. The SMILES string of the molecule is CCCCCCCC/C=C/CCCCCCCCCCCCCCC(O)C(=O)NC(COC1OC(CO)C(O)C(O)C1OC(=O)CCCCCCCCCCCCCCCCCCCCCCC)C(O)/C=C/CCCCCCCCCCCC. The fraction of sp³-hybridized carbons (Fsp3) is 0.918. The summed E-state index contributed by atoms with van der Waals surface area (Å²) in [7, 11) is 0. The monoisotopic (exact) mass is 1190 g/mol. The summed E-state index contributed by atoms with van der Waals surface area (Å²) in [6.07, 6.45) is 63.7. The van der Waals surface area contributed by atoms with E-state index in [2.05, 4.69) is 38.2 Å². The van der Waals surface area contributed by atoms with Crippen molar-refractivity contribution in [3.63, 3.8) is 0 Å². The van der Waals surface area contributed by atoms with Gasteiger partial charge in [-0.15, -0.1) is 0 Å². The Balaban J connectivity index is 2.55. The maximum absolute atomic E-state index is 13.5. The Kier molecular flexibility index (Phi) is 58.6. The van der Waals surface area contributed by atoms with Crippen LogP contribution in [0, 0.1) is 0 Å². The van der Waals surface area contributed by atoms with E-state index in [4.69, 9.17) is 14.2 Å². The molecule has 1 saturated heterocycles. The molecule has 0 saturated carbocycles. The predicted octanol–water partition coefficient (Wildman–Crippen LogP) is 18.8. The second kappa shape index (κ2) is 61.4. The molecule has 6 N–H and O–H groups in total. The highest BCUT2D eigenvalue weighted by atomic mass is 16.7. The molecular formula is C73H139NO10. The van der Waals surface area contributed by atoms with E-state index in [1.165, 1.54) is 263 Å². The van der Waals surface area contributed by atoms with Gasteiger partial charge < -0.3 is 45.1 Å². The number of hydrogen-bond acceptors (Lipinski definition) is 10. The summed E-state index contributed by atoms with van der Waals surface area (Å²) in [5, 5.41) is 57.3. The summed E-state index contributed by atoms with van der Waals surface area (Å²) in [6, 6.07) is -1.02. The van der Waals surface area contributed by atoms with Crippen molar-refractivity contribution in [1.82, 2.24) is 5.32 Å². The van der Waals surface area contributed by atoms with Gasteiger partial charge in [0.05, 0.1) is 25.4 Å². The number of nitrogens with one attached hydrogen (secondary N) is 1. The van der Waals surface area contributed by atoms with Gasteiger partial charge in [-0.1, -0.05) is 334 Å². The number of allylic oxidation sites excluding steroid dienone is 3. The Hall–Kier alpha value is -1.86. The number of aliphatic hydroxyl groups excluding tert-OH is 5. The molecule has 0 aliphatic carbocycles. The zero-order valence-corrected chi connectivity index (χ0v) is 55.3. The molecule has 0 bridgehead atoms. The third-order valence-corrected chi connectivity index (χ3v) is 17.6. The van der Waals surface area contributed by atoms with Gasteiger partial charge in [0.25, 0.3) is 0 Å². The van der Waals surface area contributed by atoms with Gasteiger partial charge in [0.1, 0.15) is 24.4 Å². The Morgan fingerprint density at radius 3 is 1.15 bits per heavy atom. The van der Waals surface area contributed by atoms with Gasteiger partial charge in [0.2, 0.25) is 5.91 Å². The molecule has 0 aromatic heterocycles. The third-order valence-electron chi connectivity index (χ3n) is 17.6. The van der Waals surface area contributed by atoms with Crippen LogP contribution in [0.3, 0.4) is 0 Å². The van der Waals surface area contributed by atoms with Crippen LogP contribution in [0.2, 0.25) is 0 Å². The number of hydrogen-bond donors (Lipinski definition) is 6. The summed E-state index contributed by atoms with van der Waals surface area (Å²) in [6.45, 7) is 5.85. The molecule has 0 aromatic rings. The topological polar surface area (TPSA) is 175 Å². The van der Waals surface area contributed by atoms with Crippen molar-refractivity contribution < 1.29 is 49.3 Å². The maximum atomic E-state index is 13.5. The molecule has 1 amide bonds. The standard InChI is InChI=1S/C73H139NO10/c1-4-7-10-13-16-19-22-25-27-29-31-33-35-36-38-40-42-45-48-51-54-57-60-66(77)72(81)74-64(65(76)59-56-53-50-47-44-24-21-18-15-12-9-6-3)63-82-73-71(70(80)69(79)67(62-75)83-73)84-68(78)61-58-55-52-49-46-43-41-39-37-34-32-30-28-26-23-20-17-14-11-8-5-2/h25,27,56,59,64-67,69-71,73,75-77,79-80H,4-24,26,28-55,57-58,60-63H2,1-3H3,(H,74,81)/b27-25+,59-56+. The zero-order chi connectivity index (χ0) is 61.0. The number of carbonyl (C=O) groups excluding carboxylic acids is 2. The molecule has 11 nitrogen and oxygen atoms in total. The molecule has 1 heterocycles. The number of amides is 1. The Bertz CT molecular complexity index is 1460. The van der Waals surface area contributed by atoms with E-state index in [0.29, 0.717) is 19.3 Å². The molecule has 0 spiro atoms. The molecule has 8 unspecified atom stereocenters. The van der Waals surface area contributed by atoms with Crippen LogP contribution in [0.25, 0.3) is 0 Å². The van der Waals surface area contributed by atoms with Gasteiger partial charge in [-0.25, -0.2) is 0 Å². The van der Waals surface area contributed by atoms with Crippen molar-refractivity contribution >= 4 is 11.9 Å². The largest absolute Gasteiger partial charge is 0.454 e. The van der Waals surface area contributed by atoms with Crippen LogP contribution in [-0.4, -0.2) is 99.6 Å². The van der Waals surface area contributed by atoms with Crippen LogP contribution in [0.4, 0.5) is 0 Å². The fourth-order valence-electron chi connectivity index (χ4n) is 11.8. The first-order valence-corrected chi connectivity index (χ1v) is 36.6. The minimum Gasteiger partial charge on any atom is -0.454 e. The van der Waals surface area contributed by atoms with Crippen LogP contribution in [-0.2, 0) is 23.8 Å². The first kappa shape index (κ1) is 80.2. The minimum atomic E-state index is -1.61. The molecule has 1 aliphatic rings. The second-order valence-corrected chi connectivity index (χ2v) is 25.7. The Labute approximate surface area is 518 Å². The van der Waals surface area contributed by atoms with Gasteiger partial charge in [0, 0.05) is 6.42 Å². The first-order valence-electron chi connectivity index (χ1n) is 36.6. The molecule has 1 rings (SSSR count). The third kappa shape index (κ3) is 48.1. The second-order valence-electron chi connectivity index (χ2n) is 25.7. The molecule has 8 atom stereocenters. The molecule has 0 radical (unpaired) electrons. The van der Waals surface area contributed by atoms with Gasteiger partial charge in [-0.05, 0) is 51.4 Å². The number of rotatable bonds is 64. The molecule has 1 aliphatic heterocycles. The van der Waals surface area contributed by atoms with Crippen LogP contribution < -0.4 is 5.32 Å². The summed E-state index contributed by atoms with van der Waals surface area (Å²) in [4.78, 5) is 26.7. The smallest absolute Gasteiger partial charge is 0.306 e. The average molecular weight is 1190 g/mol. The van der Waals surface area contributed by atoms with Crippen molar-refractivity contribution in [3.8, 4) is 0 Å². The summed E-state index contributed by atoms with van der Waals surface area (Å²) in [5.74, 6) is -1.17. The fourth-order valence-corrected chi connectivity index (χ4v) is 11.8. The number of unbranched alkanes of at least 4 members (excludes halogenated alkanes) is 48. The molecule has 1 fully saturated rings. The number of aliphatic hydroxyl groups is 5. The summed E-state index contributed by atoms with van der Waals surface area (Å²) in [5.41, 5.74) is 0.